The molecule has 2 aliphatic rings. The molecule has 1 fully saturated rings. The van der Waals surface area contributed by atoms with Crippen LogP contribution in [0.25, 0.3) is 5.57 Å². The molecule has 2 amide bonds. The largest absolute Gasteiger partial charge is 0.335 e. The van der Waals surface area contributed by atoms with Crippen molar-refractivity contribution >= 4 is 21.4 Å². The number of halogens is 1. The summed E-state index contributed by atoms with van der Waals surface area (Å²) >= 11 is 0. The average Bonchev–Trinajstić information content (AvgIpc) is 2.72. The molecule has 0 saturated carbocycles. The third kappa shape index (κ3) is 4.51. The van der Waals surface area contributed by atoms with Crippen molar-refractivity contribution in [3.63, 3.8) is 0 Å². The third-order valence-corrected chi connectivity index (χ3v) is 8.30. The molecular formula is C20H27FN2O3S. The van der Waals surface area contributed by atoms with E-state index >= 15 is 0 Å². The zero-order chi connectivity index (χ0) is 19.7. The molecule has 1 aliphatic carbocycles. The van der Waals surface area contributed by atoms with Crippen molar-refractivity contribution in [3.8, 4) is 0 Å². The van der Waals surface area contributed by atoms with Crippen LogP contribution in [0.2, 0.25) is 0 Å². The number of carbonyl (C=O) groups excluding carboxylic acids is 1. The number of nitrogens with one attached hydrogen (secondary N) is 1. The van der Waals surface area contributed by atoms with E-state index < -0.39 is 14.6 Å². The number of hydrogen-bond donors (Lipinski definition) is 1. The van der Waals surface area contributed by atoms with E-state index in [4.69, 9.17) is 0 Å². The first-order chi connectivity index (χ1) is 12.7. The molecule has 1 heterocycles. The van der Waals surface area contributed by atoms with Gasteiger partial charge < -0.3 is 10.2 Å². The second-order valence-corrected chi connectivity index (χ2v) is 10.7. The topological polar surface area (TPSA) is 66.5 Å². The third-order valence-electron chi connectivity index (χ3n) is 5.70. The second-order valence-electron chi connectivity index (χ2n) is 7.97. The summed E-state index contributed by atoms with van der Waals surface area (Å²) in [7, 11) is -3.20. The number of carbonyl (C=O) groups is 1. The SMILES string of the molecule is CC1(C)CCN(C(=O)NC2CC=C(c3ccc(F)cc3)CC2)CCS1(=O)=O. The van der Waals surface area contributed by atoms with Gasteiger partial charge >= 0.3 is 6.03 Å². The first kappa shape index (κ1) is 19.9. The van der Waals surface area contributed by atoms with Gasteiger partial charge in [-0.05, 0) is 62.8 Å². The number of hydrogen-bond acceptors (Lipinski definition) is 3. The van der Waals surface area contributed by atoms with Crippen LogP contribution in [0.4, 0.5) is 9.18 Å². The molecule has 1 atom stereocenters. The number of rotatable bonds is 2. The van der Waals surface area contributed by atoms with Crippen LogP contribution in [0.3, 0.4) is 0 Å². The Kier molecular flexibility index (Phi) is 5.60. The van der Waals surface area contributed by atoms with Gasteiger partial charge in [-0.3, -0.25) is 0 Å². The summed E-state index contributed by atoms with van der Waals surface area (Å²) in [6, 6.07) is 6.32. The Morgan fingerprint density at radius 2 is 1.93 bits per heavy atom. The van der Waals surface area contributed by atoms with E-state index in [0.29, 0.717) is 13.0 Å². The van der Waals surface area contributed by atoms with E-state index in [1.54, 1.807) is 30.9 Å². The number of allylic oxidation sites excluding steroid dienone is 1. The molecule has 148 valence electrons. The van der Waals surface area contributed by atoms with E-state index in [0.717, 1.165) is 24.8 Å². The Morgan fingerprint density at radius 3 is 2.56 bits per heavy atom. The van der Waals surface area contributed by atoms with Gasteiger partial charge in [0.05, 0.1) is 10.5 Å². The smallest absolute Gasteiger partial charge is 0.317 e. The predicted molar refractivity (Wildman–Crippen MR) is 105 cm³/mol. The molecule has 0 radical (unpaired) electrons. The van der Waals surface area contributed by atoms with Crippen LogP contribution in [-0.4, -0.2) is 49.0 Å². The zero-order valence-corrected chi connectivity index (χ0v) is 16.7. The van der Waals surface area contributed by atoms with Crippen LogP contribution in [0.5, 0.6) is 0 Å². The van der Waals surface area contributed by atoms with Crippen molar-refractivity contribution in [1.29, 1.82) is 0 Å². The summed E-state index contributed by atoms with van der Waals surface area (Å²) in [5, 5.41) is 3.04. The summed E-state index contributed by atoms with van der Waals surface area (Å²) in [5.74, 6) is -0.241. The number of amides is 2. The lowest BCUT2D eigenvalue weighted by Gasteiger charge is -2.27. The molecule has 0 bridgehead atoms. The zero-order valence-electron chi connectivity index (χ0n) is 15.9. The van der Waals surface area contributed by atoms with Crippen molar-refractivity contribution in [1.82, 2.24) is 10.2 Å². The van der Waals surface area contributed by atoms with Gasteiger partial charge in [-0.1, -0.05) is 18.2 Å². The number of nitrogens with zero attached hydrogens (tertiary/aromatic N) is 1. The summed E-state index contributed by atoms with van der Waals surface area (Å²) in [6.45, 7) is 4.14. The van der Waals surface area contributed by atoms with Crippen molar-refractivity contribution in [3.05, 3.63) is 41.7 Å². The summed E-state index contributed by atoms with van der Waals surface area (Å²) in [4.78, 5) is 14.2. The molecule has 0 spiro atoms. The van der Waals surface area contributed by atoms with Gasteiger partial charge in [-0.15, -0.1) is 0 Å². The Balaban J connectivity index is 1.57. The fourth-order valence-corrected chi connectivity index (χ4v) is 4.95. The maximum absolute atomic E-state index is 13.1. The number of sulfone groups is 1. The minimum absolute atomic E-state index is 0.00665. The fourth-order valence-electron chi connectivity index (χ4n) is 3.54. The highest BCUT2D eigenvalue weighted by molar-refractivity contribution is 7.92. The molecule has 5 nitrogen and oxygen atoms in total. The molecule has 1 saturated heterocycles. The van der Waals surface area contributed by atoms with Gasteiger partial charge in [0.2, 0.25) is 0 Å². The van der Waals surface area contributed by atoms with Crippen molar-refractivity contribution in [2.45, 2.75) is 50.3 Å². The van der Waals surface area contributed by atoms with Crippen LogP contribution in [0, 0.1) is 5.82 Å². The van der Waals surface area contributed by atoms with Crippen molar-refractivity contribution in [2.24, 2.45) is 0 Å². The molecule has 1 unspecified atom stereocenters. The normalized spacial score (nSPS) is 24.6. The van der Waals surface area contributed by atoms with Crippen LogP contribution < -0.4 is 5.32 Å². The first-order valence-electron chi connectivity index (χ1n) is 9.41. The van der Waals surface area contributed by atoms with E-state index in [2.05, 4.69) is 11.4 Å². The number of urea groups is 1. The highest BCUT2D eigenvalue weighted by Gasteiger charge is 2.38. The Morgan fingerprint density at radius 1 is 1.22 bits per heavy atom. The van der Waals surface area contributed by atoms with E-state index in [-0.39, 0.29) is 30.2 Å². The van der Waals surface area contributed by atoms with E-state index in [1.807, 2.05) is 0 Å². The van der Waals surface area contributed by atoms with E-state index in [9.17, 15) is 17.6 Å². The highest BCUT2D eigenvalue weighted by atomic mass is 32.2. The Bertz CT molecular complexity index is 831. The molecular weight excluding hydrogens is 367 g/mol. The summed E-state index contributed by atoms with van der Waals surface area (Å²) in [5.41, 5.74) is 2.18. The van der Waals surface area contributed by atoms with Crippen LogP contribution in [0.15, 0.2) is 30.3 Å². The van der Waals surface area contributed by atoms with Crippen LogP contribution in [-0.2, 0) is 9.84 Å². The standard InChI is InChI=1S/C20H27FN2O3S/c1-20(2)11-12-23(13-14-27(20,25)26)19(24)22-18-9-5-16(6-10-18)15-3-7-17(21)8-4-15/h3-5,7-8,18H,6,9-14H2,1-2H3,(H,22,24). The minimum atomic E-state index is -3.20. The Labute approximate surface area is 160 Å². The fraction of sp³-hybridized carbons (Fsp3) is 0.550. The predicted octanol–water partition coefficient (Wildman–Crippen LogP) is 3.37. The van der Waals surface area contributed by atoms with E-state index in [1.165, 1.54) is 17.7 Å². The lowest BCUT2D eigenvalue weighted by molar-refractivity contribution is 0.195. The van der Waals surface area contributed by atoms with Crippen molar-refractivity contribution in [2.75, 3.05) is 18.8 Å². The molecule has 3 rings (SSSR count). The van der Waals surface area contributed by atoms with Crippen LogP contribution in [0.1, 0.15) is 45.1 Å². The maximum atomic E-state index is 13.1. The van der Waals surface area contributed by atoms with Gasteiger partial charge in [-0.25, -0.2) is 17.6 Å². The van der Waals surface area contributed by atoms with Crippen molar-refractivity contribution < 1.29 is 17.6 Å². The molecule has 1 aromatic carbocycles. The van der Waals surface area contributed by atoms with Gasteiger partial charge in [0.25, 0.3) is 0 Å². The lowest BCUT2D eigenvalue weighted by atomic mass is 9.91. The quantitative estimate of drug-likeness (QED) is 0.836. The minimum Gasteiger partial charge on any atom is -0.335 e. The molecule has 1 aromatic rings. The molecule has 1 aliphatic heterocycles. The van der Waals surface area contributed by atoms with Gasteiger partial charge in [0.15, 0.2) is 9.84 Å². The monoisotopic (exact) mass is 394 g/mol. The maximum Gasteiger partial charge on any atom is 0.317 e. The molecule has 7 heteroatoms. The molecule has 1 N–H and O–H groups in total. The molecule has 27 heavy (non-hydrogen) atoms. The first-order valence-corrected chi connectivity index (χ1v) is 11.1. The molecule has 0 aromatic heterocycles. The Hall–Kier alpha value is -1.89. The van der Waals surface area contributed by atoms with Gasteiger partial charge in [-0.2, -0.15) is 0 Å². The summed E-state index contributed by atoms with van der Waals surface area (Å²) in [6.07, 6.45) is 4.89. The summed E-state index contributed by atoms with van der Waals surface area (Å²) < 4.78 is 36.8. The average molecular weight is 395 g/mol. The van der Waals surface area contributed by atoms with Gasteiger partial charge in [0, 0.05) is 19.1 Å². The number of benzene rings is 1. The lowest BCUT2D eigenvalue weighted by Crippen LogP contribution is -2.46. The van der Waals surface area contributed by atoms with Gasteiger partial charge in [0.1, 0.15) is 5.82 Å². The van der Waals surface area contributed by atoms with Crippen LogP contribution >= 0.6 is 0 Å². The highest BCUT2D eigenvalue weighted by Crippen LogP contribution is 2.28. The second kappa shape index (κ2) is 7.62.